The number of piperazine rings is 1. The van der Waals surface area contributed by atoms with Crippen molar-refractivity contribution in [1.29, 1.82) is 0 Å². The topological polar surface area (TPSA) is 75.5 Å². The van der Waals surface area contributed by atoms with E-state index in [9.17, 15) is 13.2 Å². The first-order valence-electron chi connectivity index (χ1n) is 11.8. The van der Waals surface area contributed by atoms with Crippen molar-refractivity contribution in [1.82, 2.24) is 18.8 Å². The number of aromatic nitrogens is 2. The Morgan fingerprint density at radius 3 is 2.14 bits per heavy atom. The maximum atomic E-state index is 13.0. The van der Waals surface area contributed by atoms with E-state index in [0.29, 0.717) is 39.0 Å². The van der Waals surface area contributed by atoms with Crippen LogP contribution in [0.5, 0.6) is 0 Å². The van der Waals surface area contributed by atoms with Crippen LogP contribution in [-0.2, 0) is 27.0 Å². The molecule has 8 heteroatoms. The molecule has 0 N–H and O–H groups in total. The number of nitrogens with zero attached hydrogens (tertiary/aromatic N) is 4. The average molecular weight is 489 g/mol. The molecule has 0 atom stereocenters. The van der Waals surface area contributed by atoms with E-state index in [-0.39, 0.29) is 11.7 Å². The molecule has 2 heterocycles. The highest BCUT2D eigenvalue weighted by Crippen LogP contribution is 2.23. The normalized spacial score (nSPS) is 14.9. The van der Waals surface area contributed by atoms with Gasteiger partial charge in [-0.05, 0) is 29.8 Å². The summed E-state index contributed by atoms with van der Waals surface area (Å²) in [6, 6.07) is 27.2. The number of fused-ring (bicyclic) bond motifs is 1. The van der Waals surface area contributed by atoms with Crippen LogP contribution in [0.3, 0.4) is 0 Å². The van der Waals surface area contributed by atoms with Crippen molar-refractivity contribution < 1.29 is 13.2 Å². The fourth-order valence-electron chi connectivity index (χ4n) is 4.58. The van der Waals surface area contributed by atoms with Crippen LogP contribution < -0.4 is 0 Å². The van der Waals surface area contributed by atoms with E-state index in [1.165, 1.54) is 4.31 Å². The second-order valence-electron chi connectivity index (χ2n) is 8.71. The van der Waals surface area contributed by atoms with Gasteiger partial charge in [-0.15, -0.1) is 0 Å². The number of carbonyl (C=O) groups excluding carboxylic acids is 1. The van der Waals surface area contributed by atoms with Gasteiger partial charge in [-0.1, -0.05) is 60.7 Å². The molecule has 1 aromatic heterocycles. The van der Waals surface area contributed by atoms with Gasteiger partial charge in [-0.25, -0.2) is 13.4 Å². The van der Waals surface area contributed by atoms with Gasteiger partial charge in [-0.2, -0.15) is 4.31 Å². The Labute approximate surface area is 205 Å². The van der Waals surface area contributed by atoms with Gasteiger partial charge in [0.15, 0.2) is 0 Å². The van der Waals surface area contributed by atoms with Crippen LogP contribution in [0.2, 0.25) is 0 Å². The Morgan fingerprint density at radius 2 is 1.43 bits per heavy atom. The molecule has 0 bridgehead atoms. The molecule has 0 spiro atoms. The summed E-state index contributed by atoms with van der Waals surface area (Å²) in [6.45, 7) is 1.46. The average Bonchev–Trinajstić information content (AvgIpc) is 3.26. The molecule has 1 saturated heterocycles. The van der Waals surface area contributed by atoms with Gasteiger partial charge in [0.25, 0.3) is 0 Å². The molecular weight excluding hydrogens is 460 g/mol. The number of carbonyl (C=O) groups is 1. The molecule has 1 aliphatic rings. The number of para-hydroxylation sites is 3. The Morgan fingerprint density at radius 1 is 0.800 bits per heavy atom. The highest BCUT2D eigenvalue weighted by Gasteiger charge is 2.29. The fourth-order valence-corrected chi connectivity index (χ4v) is 6.09. The second-order valence-corrected chi connectivity index (χ2v) is 10.7. The summed E-state index contributed by atoms with van der Waals surface area (Å²) >= 11 is 0. The lowest BCUT2D eigenvalue weighted by Crippen LogP contribution is -2.50. The maximum Gasteiger partial charge on any atom is 0.223 e. The van der Waals surface area contributed by atoms with Crippen LogP contribution in [0.1, 0.15) is 17.8 Å². The summed E-state index contributed by atoms with van der Waals surface area (Å²) in [4.78, 5) is 19.6. The Balaban J connectivity index is 1.23. The molecule has 5 rings (SSSR count). The summed E-state index contributed by atoms with van der Waals surface area (Å²) < 4.78 is 29.2. The van der Waals surface area contributed by atoms with Gasteiger partial charge in [-0.3, -0.25) is 9.36 Å². The predicted octanol–water partition coefficient (Wildman–Crippen LogP) is 3.63. The van der Waals surface area contributed by atoms with Crippen molar-refractivity contribution in [2.75, 3.05) is 26.2 Å². The van der Waals surface area contributed by atoms with Crippen LogP contribution in [0.4, 0.5) is 0 Å². The van der Waals surface area contributed by atoms with Crippen LogP contribution >= 0.6 is 0 Å². The molecule has 1 aliphatic heterocycles. The number of hydrogen-bond donors (Lipinski definition) is 0. The monoisotopic (exact) mass is 488 g/mol. The molecule has 0 unspecified atom stereocenters. The number of hydrogen-bond acceptors (Lipinski definition) is 4. The molecule has 4 aromatic rings. The lowest BCUT2D eigenvalue weighted by atomic mass is 10.2. The number of sulfonamides is 1. The standard InChI is InChI=1S/C27H28N4O3S/c32-27(29-17-19-30(20-18-29)35(33,34)21-22-9-3-1-4-10-22)16-15-26-28-24-13-7-8-14-25(24)31(26)23-11-5-2-6-12-23/h1-14H,15-21H2. The molecule has 35 heavy (non-hydrogen) atoms. The van der Waals surface area contributed by atoms with E-state index in [0.717, 1.165) is 28.1 Å². The third kappa shape index (κ3) is 5.13. The van der Waals surface area contributed by atoms with Crippen molar-refractivity contribution in [3.63, 3.8) is 0 Å². The summed E-state index contributed by atoms with van der Waals surface area (Å²) in [7, 11) is -3.41. The number of imidazole rings is 1. The van der Waals surface area contributed by atoms with Gasteiger partial charge in [0.1, 0.15) is 5.82 Å². The van der Waals surface area contributed by atoms with E-state index in [4.69, 9.17) is 4.98 Å². The lowest BCUT2D eigenvalue weighted by molar-refractivity contribution is -0.132. The molecule has 3 aromatic carbocycles. The molecule has 0 radical (unpaired) electrons. The molecule has 0 saturated carbocycles. The SMILES string of the molecule is O=C(CCc1nc2ccccc2n1-c1ccccc1)N1CCN(S(=O)(=O)Cc2ccccc2)CC1. The van der Waals surface area contributed by atoms with Gasteiger partial charge in [0.2, 0.25) is 15.9 Å². The third-order valence-electron chi connectivity index (χ3n) is 6.38. The number of benzene rings is 3. The number of amides is 1. The van der Waals surface area contributed by atoms with Crippen LogP contribution in [0, 0.1) is 0 Å². The molecule has 180 valence electrons. The lowest BCUT2D eigenvalue weighted by Gasteiger charge is -2.34. The van der Waals surface area contributed by atoms with Gasteiger partial charge >= 0.3 is 0 Å². The quantitative estimate of drug-likeness (QED) is 0.398. The first kappa shape index (κ1) is 23.3. The molecule has 7 nitrogen and oxygen atoms in total. The molecular formula is C27H28N4O3S. The van der Waals surface area contributed by atoms with Crippen molar-refractivity contribution >= 4 is 27.0 Å². The van der Waals surface area contributed by atoms with E-state index >= 15 is 0 Å². The number of rotatable bonds is 7. The van der Waals surface area contributed by atoms with Gasteiger partial charge < -0.3 is 4.90 Å². The Bertz CT molecular complexity index is 1410. The molecule has 1 amide bonds. The van der Waals surface area contributed by atoms with E-state index in [1.54, 1.807) is 4.90 Å². The first-order chi connectivity index (χ1) is 17.0. The number of aryl methyl sites for hydroxylation is 1. The first-order valence-corrected chi connectivity index (χ1v) is 13.4. The Kier molecular flexibility index (Phi) is 6.66. The second kappa shape index (κ2) is 10.0. The smallest absolute Gasteiger partial charge is 0.223 e. The summed E-state index contributed by atoms with van der Waals surface area (Å²) in [5, 5.41) is 0. The zero-order chi connectivity index (χ0) is 24.3. The minimum absolute atomic E-state index is 0.0164. The highest BCUT2D eigenvalue weighted by atomic mass is 32.2. The minimum Gasteiger partial charge on any atom is -0.340 e. The minimum atomic E-state index is -3.41. The van der Waals surface area contributed by atoms with E-state index < -0.39 is 10.0 Å². The van der Waals surface area contributed by atoms with E-state index in [1.807, 2.05) is 84.9 Å². The van der Waals surface area contributed by atoms with Gasteiger partial charge in [0, 0.05) is 44.7 Å². The van der Waals surface area contributed by atoms with Gasteiger partial charge in [0.05, 0.1) is 16.8 Å². The van der Waals surface area contributed by atoms with Crippen LogP contribution in [0.15, 0.2) is 84.9 Å². The van der Waals surface area contributed by atoms with E-state index in [2.05, 4.69) is 4.57 Å². The highest BCUT2D eigenvalue weighted by molar-refractivity contribution is 7.88. The zero-order valence-corrected chi connectivity index (χ0v) is 20.3. The van der Waals surface area contributed by atoms with Crippen molar-refractivity contribution in [2.24, 2.45) is 0 Å². The summed E-state index contributed by atoms with van der Waals surface area (Å²) in [6.07, 6.45) is 0.835. The van der Waals surface area contributed by atoms with Crippen molar-refractivity contribution in [2.45, 2.75) is 18.6 Å². The summed E-state index contributed by atoms with van der Waals surface area (Å²) in [5.74, 6) is 0.851. The van der Waals surface area contributed by atoms with Crippen molar-refractivity contribution in [3.8, 4) is 5.69 Å². The molecule has 1 fully saturated rings. The third-order valence-corrected chi connectivity index (χ3v) is 8.23. The molecule has 0 aliphatic carbocycles. The van der Waals surface area contributed by atoms with Crippen LogP contribution in [-0.4, -0.2) is 59.3 Å². The van der Waals surface area contributed by atoms with Crippen molar-refractivity contribution in [3.05, 3.63) is 96.3 Å². The largest absolute Gasteiger partial charge is 0.340 e. The summed E-state index contributed by atoms with van der Waals surface area (Å²) in [5.41, 5.74) is 3.70. The zero-order valence-electron chi connectivity index (χ0n) is 19.5. The van der Waals surface area contributed by atoms with Crippen LogP contribution in [0.25, 0.3) is 16.7 Å². The Hall–Kier alpha value is -3.49. The predicted molar refractivity (Wildman–Crippen MR) is 137 cm³/mol. The maximum absolute atomic E-state index is 13.0. The fraction of sp³-hybridized carbons (Fsp3) is 0.259.